The van der Waals surface area contributed by atoms with Gasteiger partial charge in [0, 0.05) is 24.6 Å². The average molecular weight is 342 g/mol. The Bertz CT molecular complexity index is 655. The smallest absolute Gasteiger partial charge is 0.273 e. The number of nitrogens with one attached hydrogen (secondary N) is 2. The molecular weight excluding hydrogens is 318 g/mol. The first-order valence-electron chi connectivity index (χ1n) is 7.98. The van der Waals surface area contributed by atoms with Gasteiger partial charge in [-0.3, -0.25) is 10.1 Å². The van der Waals surface area contributed by atoms with Gasteiger partial charge in [0.15, 0.2) is 0 Å². The standard InChI is InChI=1S/C15H23N3O4S/c1-13-6-7-14(12-15(13)18(19)20)23(21,22)16-8-5-11-17-9-3-2-4-10-17/h6-7,12,16H,2-5,8-11H2,1H3/p+1. The lowest BCUT2D eigenvalue weighted by Crippen LogP contribution is -3.12. The van der Waals surface area contributed by atoms with Crippen molar-refractivity contribution in [1.82, 2.24) is 4.72 Å². The predicted molar refractivity (Wildman–Crippen MR) is 87.1 cm³/mol. The largest absolute Gasteiger partial charge is 0.335 e. The van der Waals surface area contributed by atoms with Crippen molar-refractivity contribution in [2.45, 2.75) is 37.5 Å². The molecule has 1 saturated heterocycles. The van der Waals surface area contributed by atoms with E-state index in [1.54, 1.807) is 6.92 Å². The maximum Gasteiger partial charge on any atom is 0.273 e. The van der Waals surface area contributed by atoms with Gasteiger partial charge in [-0.15, -0.1) is 0 Å². The van der Waals surface area contributed by atoms with Crippen LogP contribution in [0.1, 0.15) is 31.2 Å². The van der Waals surface area contributed by atoms with Crippen LogP contribution in [0, 0.1) is 17.0 Å². The van der Waals surface area contributed by atoms with Crippen LogP contribution in [0.2, 0.25) is 0 Å². The van der Waals surface area contributed by atoms with Gasteiger partial charge in [-0.2, -0.15) is 0 Å². The minimum absolute atomic E-state index is 0.0554. The van der Waals surface area contributed by atoms with E-state index in [0.29, 0.717) is 12.1 Å². The van der Waals surface area contributed by atoms with E-state index in [0.717, 1.165) is 32.1 Å². The van der Waals surface area contributed by atoms with Crippen LogP contribution < -0.4 is 9.62 Å². The Morgan fingerprint density at radius 1 is 1.26 bits per heavy atom. The molecule has 7 nitrogen and oxygen atoms in total. The summed E-state index contributed by atoms with van der Waals surface area (Å²) in [6.45, 7) is 5.22. The van der Waals surface area contributed by atoms with Crippen molar-refractivity contribution in [3.05, 3.63) is 33.9 Å². The predicted octanol–water partition coefficient (Wildman–Crippen LogP) is 0.640. The van der Waals surface area contributed by atoms with Crippen LogP contribution in [0.25, 0.3) is 0 Å². The van der Waals surface area contributed by atoms with E-state index >= 15 is 0 Å². The van der Waals surface area contributed by atoms with Gasteiger partial charge in [-0.05, 0) is 32.3 Å². The van der Waals surface area contributed by atoms with Gasteiger partial charge in [-0.25, -0.2) is 13.1 Å². The number of benzene rings is 1. The molecule has 1 aliphatic heterocycles. The molecule has 1 aromatic rings. The molecule has 1 fully saturated rings. The molecule has 0 spiro atoms. The van der Waals surface area contributed by atoms with Crippen LogP contribution in [0.5, 0.6) is 0 Å². The number of nitrogens with zero attached hydrogens (tertiary/aromatic N) is 1. The lowest BCUT2D eigenvalue weighted by molar-refractivity contribution is -0.904. The van der Waals surface area contributed by atoms with Crippen molar-refractivity contribution in [3.8, 4) is 0 Å². The zero-order chi connectivity index (χ0) is 16.9. The summed E-state index contributed by atoms with van der Waals surface area (Å²) in [5.41, 5.74) is 0.272. The Kier molecular flexibility index (Phi) is 6.09. The number of quaternary nitrogens is 1. The first-order chi connectivity index (χ1) is 10.9. The number of hydrogen-bond acceptors (Lipinski definition) is 4. The molecule has 0 atom stereocenters. The molecular formula is C15H24N3O4S+. The normalized spacial score (nSPS) is 16.4. The number of sulfonamides is 1. The van der Waals surface area contributed by atoms with Gasteiger partial charge in [0.25, 0.3) is 5.69 Å². The first-order valence-corrected chi connectivity index (χ1v) is 9.47. The quantitative estimate of drug-likeness (QED) is 0.432. The molecule has 128 valence electrons. The number of nitro benzene ring substituents is 1. The van der Waals surface area contributed by atoms with E-state index < -0.39 is 14.9 Å². The summed E-state index contributed by atoms with van der Waals surface area (Å²) in [4.78, 5) is 11.8. The van der Waals surface area contributed by atoms with Crippen LogP contribution >= 0.6 is 0 Å². The second-order valence-electron chi connectivity index (χ2n) is 6.02. The highest BCUT2D eigenvalue weighted by atomic mass is 32.2. The molecule has 2 N–H and O–H groups in total. The summed E-state index contributed by atoms with van der Waals surface area (Å²) >= 11 is 0. The molecule has 0 aromatic heterocycles. The van der Waals surface area contributed by atoms with E-state index in [-0.39, 0.29) is 10.6 Å². The SMILES string of the molecule is Cc1ccc(S(=O)(=O)NCCC[NH+]2CCCCC2)cc1[N+](=O)[O-]. The third-order valence-electron chi connectivity index (χ3n) is 4.25. The first kappa shape index (κ1) is 17.8. The van der Waals surface area contributed by atoms with Crippen molar-refractivity contribution < 1.29 is 18.2 Å². The maximum atomic E-state index is 12.2. The molecule has 8 heteroatoms. The van der Waals surface area contributed by atoms with Crippen LogP contribution in [0.15, 0.2) is 23.1 Å². The highest BCUT2D eigenvalue weighted by Gasteiger charge is 2.20. The molecule has 0 aliphatic carbocycles. The molecule has 0 radical (unpaired) electrons. The van der Waals surface area contributed by atoms with Crippen LogP contribution in [-0.4, -0.2) is 39.5 Å². The highest BCUT2D eigenvalue weighted by Crippen LogP contribution is 2.21. The molecule has 2 rings (SSSR count). The van der Waals surface area contributed by atoms with Crippen LogP contribution in [0.4, 0.5) is 5.69 Å². The zero-order valence-electron chi connectivity index (χ0n) is 13.4. The second-order valence-corrected chi connectivity index (χ2v) is 7.78. The minimum atomic E-state index is -3.70. The van der Waals surface area contributed by atoms with Gasteiger partial charge in [0.1, 0.15) is 0 Å². The highest BCUT2D eigenvalue weighted by molar-refractivity contribution is 7.89. The molecule has 23 heavy (non-hydrogen) atoms. The van der Waals surface area contributed by atoms with E-state index in [1.807, 2.05) is 0 Å². The van der Waals surface area contributed by atoms with E-state index in [2.05, 4.69) is 4.72 Å². The minimum Gasteiger partial charge on any atom is -0.335 e. The van der Waals surface area contributed by atoms with E-state index in [1.165, 1.54) is 36.3 Å². The Hall–Kier alpha value is -1.51. The van der Waals surface area contributed by atoms with Crippen molar-refractivity contribution in [3.63, 3.8) is 0 Å². The van der Waals surface area contributed by atoms with Gasteiger partial charge in [0.05, 0.1) is 29.5 Å². The van der Waals surface area contributed by atoms with Crippen molar-refractivity contribution in [2.24, 2.45) is 0 Å². The Balaban J connectivity index is 1.91. The number of rotatable bonds is 7. The lowest BCUT2D eigenvalue weighted by Gasteiger charge is -2.23. The third kappa shape index (κ3) is 4.98. The lowest BCUT2D eigenvalue weighted by atomic mass is 10.1. The summed E-state index contributed by atoms with van der Waals surface area (Å²) in [5.74, 6) is 0. The van der Waals surface area contributed by atoms with Gasteiger partial charge >= 0.3 is 0 Å². The number of hydrogen-bond donors (Lipinski definition) is 2. The van der Waals surface area contributed by atoms with Gasteiger partial charge in [0.2, 0.25) is 10.0 Å². The molecule has 0 amide bonds. The van der Waals surface area contributed by atoms with E-state index in [4.69, 9.17) is 0 Å². The fraction of sp³-hybridized carbons (Fsp3) is 0.600. The topological polar surface area (TPSA) is 93.8 Å². The maximum absolute atomic E-state index is 12.2. The molecule has 0 unspecified atom stereocenters. The van der Waals surface area contributed by atoms with Crippen molar-refractivity contribution in [1.29, 1.82) is 0 Å². The summed E-state index contributed by atoms with van der Waals surface area (Å²) in [6.07, 6.45) is 4.55. The summed E-state index contributed by atoms with van der Waals surface area (Å²) < 4.78 is 27.0. The third-order valence-corrected chi connectivity index (χ3v) is 5.71. The summed E-state index contributed by atoms with van der Waals surface area (Å²) in [6, 6.07) is 3.98. The zero-order valence-corrected chi connectivity index (χ0v) is 14.2. The second kappa shape index (κ2) is 7.85. The number of piperidine rings is 1. The Morgan fingerprint density at radius 3 is 2.61 bits per heavy atom. The monoisotopic (exact) mass is 342 g/mol. The Labute approximate surface area is 136 Å². The summed E-state index contributed by atoms with van der Waals surface area (Å²) in [7, 11) is -3.70. The van der Waals surface area contributed by atoms with Crippen LogP contribution in [-0.2, 0) is 10.0 Å². The Morgan fingerprint density at radius 2 is 1.96 bits per heavy atom. The molecule has 0 saturated carbocycles. The van der Waals surface area contributed by atoms with E-state index in [9.17, 15) is 18.5 Å². The molecule has 1 heterocycles. The van der Waals surface area contributed by atoms with Crippen molar-refractivity contribution in [2.75, 3.05) is 26.2 Å². The van der Waals surface area contributed by atoms with Gasteiger partial charge < -0.3 is 4.90 Å². The summed E-state index contributed by atoms with van der Waals surface area (Å²) in [5, 5.41) is 10.9. The number of nitro groups is 1. The number of likely N-dealkylation sites (tertiary alicyclic amines) is 1. The molecule has 0 bridgehead atoms. The number of aryl methyl sites for hydroxylation is 1. The molecule has 1 aromatic carbocycles. The van der Waals surface area contributed by atoms with Crippen molar-refractivity contribution >= 4 is 15.7 Å². The fourth-order valence-corrected chi connectivity index (χ4v) is 3.98. The molecule has 1 aliphatic rings. The fourth-order valence-electron chi connectivity index (χ4n) is 2.88. The average Bonchev–Trinajstić information content (AvgIpc) is 2.52. The van der Waals surface area contributed by atoms with Gasteiger partial charge in [-0.1, -0.05) is 6.07 Å². The van der Waals surface area contributed by atoms with Crippen LogP contribution in [0.3, 0.4) is 0 Å².